The number of carbonyl (C=O) groups excluding carboxylic acids is 1. The molecule has 0 radical (unpaired) electrons. The quantitative estimate of drug-likeness (QED) is 0.636. The number of nitrogens with one attached hydrogen (secondary N) is 1. The van der Waals surface area contributed by atoms with Crippen LogP contribution in [0.5, 0.6) is 5.75 Å². The lowest BCUT2D eigenvalue weighted by Gasteiger charge is -2.12. The van der Waals surface area contributed by atoms with Gasteiger partial charge in [-0.05, 0) is 67.0 Å². The number of fused-ring (bicyclic) bond motifs is 1. The third-order valence-electron chi connectivity index (χ3n) is 4.76. The van der Waals surface area contributed by atoms with Crippen LogP contribution in [-0.4, -0.2) is 24.2 Å². The summed E-state index contributed by atoms with van der Waals surface area (Å²) in [7, 11) is 0. The summed E-state index contributed by atoms with van der Waals surface area (Å²) in [6, 6.07) is 7.64. The summed E-state index contributed by atoms with van der Waals surface area (Å²) in [5.74, 6) is 0.615. The third kappa shape index (κ3) is 3.98. The molecule has 0 unspecified atom stereocenters. The van der Waals surface area contributed by atoms with Crippen LogP contribution in [0.1, 0.15) is 58.9 Å². The molecule has 0 fully saturated rings. The van der Waals surface area contributed by atoms with Gasteiger partial charge >= 0.3 is 5.97 Å². The molecule has 1 N–H and O–H groups in total. The van der Waals surface area contributed by atoms with Crippen LogP contribution >= 0.6 is 0 Å². The highest BCUT2D eigenvalue weighted by Crippen LogP contribution is 2.23. The predicted molar refractivity (Wildman–Crippen MR) is 100 cm³/mol. The van der Waals surface area contributed by atoms with Crippen molar-refractivity contribution in [3.63, 3.8) is 0 Å². The molecule has 1 aromatic carbocycles. The van der Waals surface area contributed by atoms with Crippen LogP contribution in [0.15, 0.2) is 29.1 Å². The van der Waals surface area contributed by atoms with Crippen molar-refractivity contribution in [2.45, 2.75) is 46.0 Å². The van der Waals surface area contributed by atoms with Crippen LogP contribution in [0.4, 0.5) is 0 Å². The zero-order valence-electron chi connectivity index (χ0n) is 15.6. The van der Waals surface area contributed by atoms with Gasteiger partial charge in [-0.15, -0.1) is 0 Å². The first-order chi connectivity index (χ1) is 12.5. The van der Waals surface area contributed by atoms with E-state index in [1.54, 1.807) is 6.07 Å². The van der Waals surface area contributed by atoms with Gasteiger partial charge < -0.3 is 14.5 Å². The number of rotatable bonds is 6. The van der Waals surface area contributed by atoms with Gasteiger partial charge in [0.1, 0.15) is 24.5 Å². The highest BCUT2D eigenvalue weighted by molar-refractivity contribution is 5.89. The summed E-state index contributed by atoms with van der Waals surface area (Å²) in [6.45, 7) is 6.71. The summed E-state index contributed by atoms with van der Waals surface area (Å²) in [5.41, 5.74) is 4.14. The van der Waals surface area contributed by atoms with Gasteiger partial charge in [0.2, 0.25) is 0 Å². The van der Waals surface area contributed by atoms with Gasteiger partial charge in [0.15, 0.2) is 0 Å². The van der Waals surface area contributed by atoms with Gasteiger partial charge in [0.05, 0.1) is 0 Å². The van der Waals surface area contributed by atoms with Crippen molar-refractivity contribution in [2.24, 2.45) is 0 Å². The first-order valence-corrected chi connectivity index (χ1v) is 9.11. The van der Waals surface area contributed by atoms with Crippen LogP contribution < -0.4 is 10.3 Å². The SMILES string of the molecule is Cc1cc(OCCOC(=O)c2cc3c([nH]c2=O)CCC3)ccc1C(C)C. The molecule has 0 atom stereocenters. The molecule has 0 amide bonds. The molecule has 0 saturated heterocycles. The fraction of sp³-hybridized carbons (Fsp3) is 0.429. The molecule has 3 rings (SSSR count). The second-order valence-electron chi connectivity index (χ2n) is 7.03. The number of benzene rings is 1. The number of aromatic nitrogens is 1. The maximum absolute atomic E-state index is 12.2. The Kier molecular flexibility index (Phi) is 5.45. The van der Waals surface area contributed by atoms with E-state index < -0.39 is 5.97 Å². The molecule has 138 valence electrons. The second-order valence-corrected chi connectivity index (χ2v) is 7.03. The summed E-state index contributed by atoms with van der Waals surface area (Å²) in [5, 5.41) is 0. The summed E-state index contributed by atoms with van der Waals surface area (Å²) in [6.07, 6.45) is 2.76. The van der Waals surface area contributed by atoms with Crippen LogP contribution in [0.3, 0.4) is 0 Å². The van der Waals surface area contributed by atoms with E-state index in [9.17, 15) is 9.59 Å². The minimum atomic E-state index is -0.601. The Morgan fingerprint density at radius 3 is 2.73 bits per heavy atom. The minimum absolute atomic E-state index is 0.0720. The number of aromatic amines is 1. The Morgan fingerprint density at radius 2 is 2.00 bits per heavy atom. The van der Waals surface area contributed by atoms with E-state index >= 15 is 0 Å². The van der Waals surface area contributed by atoms with E-state index in [0.29, 0.717) is 5.92 Å². The smallest absolute Gasteiger partial charge is 0.343 e. The highest BCUT2D eigenvalue weighted by Gasteiger charge is 2.19. The topological polar surface area (TPSA) is 68.4 Å². The first kappa shape index (κ1) is 18.2. The van der Waals surface area contributed by atoms with Gasteiger partial charge in [-0.3, -0.25) is 4.79 Å². The largest absolute Gasteiger partial charge is 0.490 e. The Labute approximate surface area is 153 Å². The molecule has 26 heavy (non-hydrogen) atoms. The molecular weight excluding hydrogens is 330 g/mol. The number of H-pyrrole nitrogens is 1. The molecule has 1 aromatic heterocycles. The fourth-order valence-corrected chi connectivity index (χ4v) is 3.42. The monoisotopic (exact) mass is 355 g/mol. The lowest BCUT2D eigenvalue weighted by molar-refractivity contribution is 0.0448. The van der Waals surface area contributed by atoms with Gasteiger partial charge in [-0.2, -0.15) is 0 Å². The van der Waals surface area contributed by atoms with Gasteiger partial charge in [0, 0.05) is 5.69 Å². The highest BCUT2D eigenvalue weighted by atomic mass is 16.6. The first-order valence-electron chi connectivity index (χ1n) is 9.11. The maximum atomic E-state index is 12.2. The molecule has 5 heteroatoms. The molecule has 0 bridgehead atoms. The van der Waals surface area contributed by atoms with E-state index in [-0.39, 0.29) is 24.3 Å². The van der Waals surface area contributed by atoms with E-state index in [0.717, 1.165) is 36.3 Å². The van der Waals surface area contributed by atoms with Crippen LogP contribution in [0, 0.1) is 6.92 Å². The number of esters is 1. The van der Waals surface area contributed by atoms with E-state index in [2.05, 4.69) is 31.8 Å². The van der Waals surface area contributed by atoms with Crippen molar-refractivity contribution >= 4 is 5.97 Å². The normalized spacial score (nSPS) is 12.9. The Hall–Kier alpha value is -2.56. The number of ether oxygens (including phenoxy) is 2. The van der Waals surface area contributed by atoms with Gasteiger partial charge in [0.25, 0.3) is 5.56 Å². The molecule has 0 aliphatic heterocycles. The molecule has 1 aliphatic carbocycles. The van der Waals surface area contributed by atoms with Crippen molar-refractivity contribution in [1.82, 2.24) is 4.98 Å². The maximum Gasteiger partial charge on any atom is 0.343 e. The average Bonchev–Trinajstić information content (AvgIpc) is 3.04. The number of hydrogen-bond donors (Lipinski definition) is 1. The van der Waals surface area contributed by atoms with Crippen LogP contribution in [0.25, 0.3) is 0 Å². The van der Waals surface area contributed by atoms with Gasteiger partial charge in [-0.1, -0.05) is 19.9 Å². The van der Waals surface area contributed by atoms with Crippen molar-refractivity contribution in [1.29, 1.82) is 0 Å². The standard InChI is InChI=1S/C21H25NO4/c1-13(2)17-8-7-16(11-14(17)3)25-9-10-26-21(24)18-12-15-5-4-6-19(15)22-20(18)23/h7-8,11-13H,4-6,9-10H2,1-3H3,(H,22,23). The molecule has 1 heterocycles. The molecule has 2 aromatic rings. The lowest BCUT2D eigenvalue weighted by Crippen LogP contribution is -2.22. The fourth-order valence-electron chi connectivity index (χ4n) is 3.42. The number of hydrogen-bond acceptors (Lipinski definition) is 4. The molecular formula is C21H25NO4. The molecule has 5 nitrogen and oxygen atoms in total. The Bertz CT molecular complexity index is 867. The van der Waals surface area contributed by atoms with E-state index in [4.69, 9.17) is 9.47 Å². The van der Waals surface area contributed by atoms with Crippen molar-refractivity contribution in [3.05, 3.63) is 62.6 Å². The van der Waals surface area contributed by atoms with Crippen LogP contribution in [0.2, 0.25) is 0 Å². The minimum Gasteiger partial charge on any atom is -0.490 e. The lowest BCUT2D eigenvalue weighted by atomic mass is 9.98. The van der Waals surface area contributed by atoms with E-state index in [1.165, 1.54) is 11.1 Å². The molecule has 0 saturated carbocycles. The van der Waals surface area contributed by atoms with Crippen molar-refractivity contribution in [3.8, 4) is 5.75 Å². The van der Waals surface area contributed by atoms with Crippen LogP contribution in [-0.2, 0) is 17.6 Å². The van der Waals surface area contributed by atoms with Gasteiger partial charge in [-0.25, -0.2) is 4.79 Å². The summed E-state index contributed by atoms with van der Waals surface area (Å²) < 4.78 is 10.8. The summed E-state index contributed by atoms with van der Waals surface area (Å²) >= 11 is 0. The van der Waals surface area contributed by atoms with Crippen molar-refractivity contribution in [2.75, 3.05) is 13.2 Å². The zero-order valence-corrected chi connectivity index (χ0v) is 15.6. The molecule has 1 aliphatic rings. The summed E-state index contributed by atoms with van der Waals surface area (Å²) in [4.78, 5) is 27.0. The average molecular weight is 355 g/mol. The zero-order chi connectivity index (χ0) is 18.7. The molecule has 0 spiro atoms. The number of aryl methyl sites for hydroxylation is 3. The third-order valence-corrected chi connectivity index (χ3v) is 4.76. The Morgan fingerprint density at radius 1 is 1.19 bits per heavy atom. The van der Waals surface area contributed by atoms with Crippen molar-refractivity contribution < 1.29 is 14.3 Å². The number of carbonyl (C=O) groups is 1. The second kappa shape index (κ2) is 7.77. The predicted octanol–water partition coefficient (Wildman–Crippen LogP) is 3.53. The number of pyridine rings is 1. The van der Waals surface area contributed by atoms with E-state index in [1.807, 2.05) is 12.1 Å². The Balaban J connectivity index is 1.53.